The molecular weight excluding hydrogens is 532 g/mol. The summed E-state index contributed by atoms with van der Waals surface area (Å²) in [6.07, 6.45) is 5.45. The van der Waals surface area contributed by atoms with Gasteiger partial charge in [-0.25, -0.2) is 19.7 Å². The Morgan fingerprint density at radius 1 is 1.27 bits per heavy atom. The van der Waals surface area contributed by atoms with Gasteiger partial charge < -0.3 is 35.5 Å². The van der Waals surface area contributed by atoms with E-state index in [1.807, 2.05) is 19.9 Å². The molecule has 2 aromatic rings. The molecule has 0 aromatic carbocycles. The minimum absolute atomic E-state index is 0.0395. The maximum Gasteiger partial charge on any atom is 0.326 e. The maximum absolute atomic E-state index is 13.4. The molecule has 4 aliphatic heterocycles. The van der Waals surface area contributed by atoms with Gasteiger partial charge in [0.05, 0.1) is 42.0 Å². The Kier molecular flexibility index (Phi) is 6.96. The molecule has 3 atom stereocenters. The quantitative estimate of drug-likeness (QED) is 0.528. The van der Waals surface area contributed by atoms with Crippen LogP contribution in [-0.4, -0.2) is 96.2 Å². The number of nitrogen functional groups attached to an aromatic ring is 1. The summed E-state index contributed by atoms with van der Waals surface area (Å²) in [6.45, 7) is 9.79. The zero-order chi connectivity index (χ0) is 28.2. The maximum atomic E-state index is 13.4. The van der Waals surface area contributed by atoms with Crippen molar-refractivity contribution < 1.29 is 19.0 Å². The number of amides is 2. The lowest BCUT2D eigenvalue weighted by molar-refractivity contribution is 0.00370. The molecule has 6 rings (SSSR count). The number of hydrogen-bond donors (Lipinski definition) is 2. The second-order valence-corrected chi connectivity index (χ2v) is 12.9. The zero-order valence-electron chi connectivity index (χ0n) is 23.5. The third-order valence-corrected chi connectivity index (χ3v) is 9.83. The van der Waals surface area contributed by atoms with Crippen LogP contribution >= 0.6 is 11.8 Å². The van der Waals surface area contributed by atoms with E-state index in [1.165, 1.54) is 11.8 Å². The van der Waals surface area contributed by atoms with E-state index in [4.69, 9.17) is 25.7 Å². The number of hydrogen-bond acceptors (Lipinski definition) is 11. The lowest BCUT2D eigenvalue weighted by Crippen LogP contribution is -2.50. The van der Waals surface area contributed by atoms with Gasteiger partial charge in [0.25, 0.3) is 0 Å². The summed E-state index contributed by atoms with van der Waals surface area (Å²) in [5, 5.41) is 0.576. The molecule has 12 nitrogen and oxygen atoms in total. The van der Waals surface area contributed by atoms with Crippen LogP contribution in [0.3, 0.4) is 0 Å². The summed E-state index contributed by atoms with van der Waals surface area (Å²) in [5.41, 5.74) is 12.5. The lowest BCUT2D eigenvalue weighted by atomic mass is 9.73. The summed E-state index contributed by atoms with van der Waals surface area (Å²) < 4.78 is 17.6. The fraction of sp³-hybridized carbons (Fsp3) is 0.630. The number of carbonyl (C=O) groups excluding carboxylic acids is 1. The molecule has 0 radical (unpaired) electrons. The highest BCUT2D eigenvalue weighted by atomic mass is 32.2. The Morgan fingerprint density at radius 2 is 2.05 bits per heavy atom. The van der Waals surface area contributed by atoms with E-state index < -0.39 is 5.60 Å². The molecule has 0 saturated carbocycles. The summed E-state index contributed by atoms with van der Waals surface area (Å²) >= 11 is 1.36. The highest BCUT2D eigenvalue weighted by Crippen LogP contribution is 2.45. The van der Waals surface area contributed by atoms with Crippen molar-refractivity contribution in [2.45, 2.75) is 67.3 Å². The van der Waals surface area contributed by atoms with Gasteiger partial charge in [0.1, 0.15) is 17.5 Å². The summed E-state index contributed by atoms with van der Waals surface area (Å²) in [5.74, 6) is 2.18. The predicted octanol–water partition coefficient (Wildman–Crippen LogP) is 2.37. The van der Waals surface area contributed by atoms with Gasteiger partial charge in [-0.1, -0.05) is 11.8 Å². The van der Waals surface area contributed by atoms with Gasteiger partial charge in [0, 0.05) is 44.4 Å². The molecule has 3 saturated heterocycles. The average Bonchev–Trinajstić information content (AvgIpc) is 3.41. The first-order chi connectivity index (χ1) is 19.1. The number of methoxy groups -OCH3 is 1. The van der Waals surface area contributed by atoms with Crippen molar-refractivity contribution in [1.82, 2.24) is 19.9 Å². The second kappa shape index (κ2) is 10.2. The molecule has 40 heavy (non-hydrogen) atoms. The molecule has 4 aliphatic rings. The molecule has 3 fully saturated rings. The van der Waals surface area contributed by atoms with E-state index in [9.17, 15) is 4.79 Å². The second-order valence-electron chi connectivity index (χ2n) is 11.8. The number of ether oxygens (including phenoxy) is 3. The van der Waals surface area contributed by atoms with E-state index in [0.717, 1.165) is 43.3 Å². The van der Waals surface area contributed by atoms with Crippen molar-refractivity contribution >= 4 is 35.2 Å². The Hall–Kier alpha value is -2.87. The van der Waals surface area contributed by atoms with Crippen molar-refractivity contribution in [3.8, 4) is 5.75 Å². The fourth-order valence-electron chi connectivity index (χ4n) is 6.13. The van der Waals surface area contributed by atoms with Crippen LogP contribution in [0.25, 0.3) is 0 Å². The number of urea groups is 1. The molecule has 4 N–H and O–H groups in total. The fourth-order valence-corrected chi connectivity index (χ4v) is 6.96. The zero-order valence-corrected chi connectivity index (χ0v) is 24.3. The number of anilines is 3. The van der Waals surface area contributed by atoms with Gasteiger partial charge >= 0.3 is 6.03 Å². The first-order valence-electron chi connectivity index (χ1n) is 13.8. The first-order valence-corrected chi connectivity index (χ1v) is 14.6. The van der Waals surface area contributed by atoms with Crippen LogP contribution in [0.5, 0.6) is 5.75 Å². The number of rotatable bonds is 6. The van der Waals surface area contributed by atoms with Crippen LogP contribution < -0.4 is 26.0 Å². The van der Waals surface area contributed by atoms with Crippen molar-refractivity contribution in [1.29, 1.82) is 0 Å². The van der Waals surface area contributed by atoms with Gasteiger partial charge in [-0.2, -0.15) is 0 Å². The highest BCUT2D eigenvalue weighted by Gasteiger charge is 2.48. The molecule has 6 heterocycles. The largest absolute Gasteiger partial charge is 0.486 e. The number of nitrogens with two attached hydrogens (primary N) is 2. The molecule has 2 aromatic heterocycles. The van der Waals surface area contributed by atoms with Crippen LogP contribution in [0.1, 0.15) is 33.6 Å². The van der Waals surface area contributed by atoms with Gasteiger partial charge in [-0.05, 0) is 39.7 Å². The Labute approximate surface area is 238 Å². The number of fused-ring (bicyclic) bond motifs is 3. The van der Waals surface area contributed by atoms with E-state index >= 15 is 0 Å². The van der Waals surface area contributed by atoms with E-state index in [-0.39, 0.29) is 29.6 Å². The topological polar surface area (TPSA) is 145 Å². The first kappa shape index (κ1) is 27.3. The van der Waals surface area contributed by atoms with Crippen LogP contribution in [0, 0.1) is 5.41 Å². The number of piperidine rings is 1. The number of aromatic nitrogens is 3. The van der Waals surface area contributed by atoms with E-state index in [0.29, 0.717) is 42.1 Å². The smallest absolute Gasteiger partial charge is 0.326 e. The molecule has 0 aliphatic carbocycles. The third kappa shape index (κ3) is 4.72. The van der Waals surface area contributed by atoms with Gasteiger partial charge in [0.2, 0.25) is 0 Å². The molecule has 1 unspecified atom stereocenters. The summed E-state index contributed by atoms with van der Waals surface area (Å²) in [4.78, 5) is 33.8. The van der Waals surface area contributed by atoms with Gasteiger partial charge in [-0.3, -0.25) is 4.90 Å². The van der Waals surface area contributed by atoms with Gasteiger partial charge in [0.15, 0.2) is 17.4 Å². The van der Waals surface area contributed by atoms with Crippen molar-refractivity contribution in [3.05, 3.63) is 18.5 Å². The highest BCUT2D eigenvalue weighted by molar-refractivity contribution is 7.99. The SMILES string of the molecule is COC(C)(C)CN1CC2COc3c(Sc4ncc(N5CCC6(CC5)CO[C@@H](C)[C@H]6N)nc4N)ccnc3N2C1=O. The third-order valence-electron chi connectivity index (χ3n) is 8.78. The molecule has 216 valence electrons. The normalized spacial score (nSPS) is 25.8. The minimum atomic E-state index is -0.451. The Bertz CT molecular complexity index is 1290. The summed E-state index contributed by atoms with van der Waals surface area (Å²) in [7, 11) is 1.65. The molecule has 13 heteroatoms. The standard InChI is InChI=1S/C27H38N8O4S/c1-16-21(28)27(15-39-16)6-9-33(10-7-27)19-11-31-24(22(29)32-19)40-18-5-8-30-23-20(18)38-13-17-12-34(25(36)35(17)23)14-26(2,3)37-4/h5,8,11,16-17,21H,6-7,9-10,12-15,28H2,1-4H3,(H2,29,32)/t16-,17?,21+/m0/s1. The molecular formula is C27H38N8O4S. The molecule has 0 bridgehead atoms. The van der Waals surface area contributed by atoms with Crippen LogP contribution in [0.4, 0.5) is 22.2 Å². The van der Waals surface area contributed by atoms with Crippen LogP contribution in [-0.2, 0) is 9.47 Å². The minimum Gasteiger partial charge on any atom is -0.486 e. The number of pyridine rings is 1. The monoisotopic (exact) mass is 570 g/mol. The summed E-state index contributed by atoms with van der Waals surface area (Å²) in [6, 6.07) is 1.70. The number of nitrogens with zero attached hydrogens (tertiary/aromatic N) is 6. The predicted molar refractivity (Wildman–Crippen MR) is 152 cm³/mol. The molecule has 2 amide bonds. The van der Waals surface area contributed by atoms with E-state index in [2.05, 4.69) is 26.8 Å². The Morgan fingerprint density at radius 3 is 2.73 bits per heavy atom. The average molecular weight is 571 g/mol. The van der Waals surface area contributed by atoms with Crippen LogP contribution in [0.2, 0.25) is 0 Å². The van der Waals surface area contributed by atoms with Gasteiger partial charge in [-0.15, -0.1) is 0 Å². The number of carbonyl (C=O) groups is 1. The molecule has 1 spiro atoms. The van der Waals surface area contributed by atoms with Crippen molar-refractivity contribution in [3.63, 3.8) is 0 Å². The Balaban J connectivity index is 1.16. The van der Waals surface area contributed by atoms with Crippen LogP contribution in [0.15, 0.2) is 28.4 Å². The van der Waals surface area contributed by atoms with Crippen molar-refractivity contribution in [2.75, 3.05) is 62.0 Å². The van der Waals surface area contributed by atoms with Crippen molar-refractivity contribution in [2.24, 2.45) is 11.1 Å². The van der Waals surface area contributed by atoms with E-state index in [1.54, 1.807) is 29.3 Å². The lowest BCUT2D eigenvalue weighted by Gasteiger charge is -2.41.